The van der Waals surface area contributed by atoms with Crippen LogP contribution in [-0.4, -0.2) is 34.7 Å². The second kappa shape index (κ2) is 8.58. The third-order valence-corrected chi connectivity index (χ3v) is 7.61. The first-order valence-corrected chi connectivity index (χ1v) is 11.9. The Morgan fingerprint density at radius 1 is 1.12 bits per heavy atom. The monoisotopic (exact) mass is 495 g/mol. The SMILES string of the molecule is O=C1NCCSc2cc(-c3nc(Nc4cc5c(cc4F)CNCC5)ncc3C(F)(F)F)sc21. The minimum absolute atomic E-state index is 0.0956. The van der Waals surface area contributed by atoms with Crippen LogP contribution in [0, 0.1) is 5.82 Å². The number of nitrogens with zero attached hydrogens (tertiary/aromatic N) is 2. The number of fused-ring (bicyclic) bond motifs is 2. The molecule has 4 heterocycles. The second-order valence-electron chi connectivity index (χ2n) is 7.51. The summed E-state index contributed by atoms with van der Waals surface area (Å²) in [4.78, 5) is 21.3. The van der Waals surface area contributed by atoms with Gasteiger partial charge in [0.05, 0.1) is 16.3 Å². The number of halogens is 4. The molecule has 0 aliphatic carbocycles. The van der Waals surface area contributed by atoms with Crippen molar-refractivity contribution in [3.05, 3.63) is 51.8 Å². The molecule has 6 nitrogen and oxygen atoms in total. The lowest BCUT2D eigenvalue weighted by Gasteiger charge is -2.19. The predicted octanol–water partition coefficient (Wildman–Crippen LogP) is 4.59. The van der Waals surface area contributed by atoms with Gasteiger partial charge in [-0.1, -0.05) is 0 Å². The zero-order valence-corrected chi connectivity index (χ0v) is 18.6. The predicted molar refractivity (Wildman–Crippen MR) is 118 cm³/mol. The summed E-state index contributed by atoms with van der Waals surface area (Å²) in [6, 6.07) is 4.59. The van der Waals surface area contributed by atoms with Crippen LogP contribution >= 0.6 is 23.1 Å². The van der Waals surface area contributed by atoms with Crippen LogP contribution in [0.5, 0.6) is 0 Å². The Morgan fingerprint density at radius 3 is 2.79 bits per heavy atom. The third kappa shape index (κ3) is 4.42. The maximum atomic E-state index is 14.6. The Morgan fingerprint density at radius 2 is 1.97 bits per heavy atom. The summed E-state index contributed by atoms with van der Waals surface area (Å²) in [5.41, 5.74) is 0.517. The van der Waals surface area contributed by atoms with Gasteiger partial charge in [0.1, 0.15) is 16.3 Å². The molecule has 0 saturated heterocycles. The van der Waals surface area contributed by atoms with Gasteiger partial charge in [-0.25, -0.2) is 14.4 Å². The maximum absolute atomic E-state index is 14.6. The number of hydrogen-bond donors (Lipinski definition) is 3. The number of anilines is 2. The molecule has 33 heavy (non-hydrogen) atoms. The molecule has 1 amide bonds. The standard InChI is InChI=1S/C21H17F4N5OS2/c22-13-5-11-8-26-2-1-10(11)6-14(13)29-20-28-9-12(21(23,24)25)17(30-20)15-7-16-18(33-15)19(31)27-3-4-32-16/h5-7,9,26H,1-4,8H2,(H,27,31)(H,28,29,30). The van der Waals surface area contributed by atoms with Crippen LogP contribution < -0.4 is 16.0 Å². The van der Waals surface area contributed by atoms with Gasteiger partial charge in [-0.2, -0.15) is 13.2 Å². The molecule has 2 aliphatic rings. The molecule has 0 bridgehead atoms. The number of alkyl halides is 3. The Hall–Kier alpha value is -2.70. The Bertz CT molecular complexity index is 1240. The average Bonchev–Trinajstić information content (AvgIpc) is 3.13. The van der Waals surface area contributed by atoms with E-state index in [0.29, 0.717) is 41.2 Å². The first-order valence-electron chi connectivity index (χ1n) is 10.1. The number of rotatable bonds is 3. The summed E-state index contributed by atoms with van der Waals surface area (Å²) >= 11 is 2.34. The summed E-state index contributed by atoms with van der Waals surface area (Å²) in [5, 5.41) is 8.61. The molecule has 0 fully saturated rings. The molecule has 5 rings (SSSR count). The van der Waals surface area contributed by atoms with Crippen LogP contribution in [0.4, 0.5) is 29.2 Å². The summed E-state index contributed by atoms with van der Waals surface area (Å²) in [5.74, 6) is -0.409. The molecule has 2 aliphatic heterocycles. The van der Waals surface area contributed by atoms with Crippen LogP contribution in [0.1, 0.15) is 26.4 Å². The van der Waals surface area contributed by atoms with Crippen molar-refractivity contribution in [2.24, 2.45) is 0 Å². The Balaban J connectivity index is 1.55. The topological polar surface area (TPSA) is 78.9 Å². The molecule has 3 aromatic rings. The molecule has 0 radical (unpaired) electrons. The molecule has 1 aromatic carbocycles. The smallest absolute Gasteiger partial charge is 0.350 e. The van der Waals surface area contributed by atoms with Crippen molar-refractivity contribution >= 4 is 40.6 Å². The lowest BCUT2D eigenvalue weighted by molar-refractivity contribution is -0.137. The first-order chi connectivity index (χ1) is 15.8. The highest BCUT2D eigenvalue weighted by molar-refractivity contribution is 7.99. The number of thiophene rings is 1. The van der Waals surface area contributed by atoms with E-state index >= 15 is 0 Å². The normalized spacial score (nSPS) is 15.9. The van der Waals surface area contributed by atoms with Gasteiger partial charge >= 0.3 is 6.18 Å². The van der Waals surface area contributed by atoms with Crippen LogP contribution in [0.25, 0.3) is 10.6 Å². The van der Waals surface area contributed by atoms with E-state index in [2.05, 4.69) is 25.9 Å². The number of nitrogens with one attached hydrogen (secondary N) is 3. The molecule has 3 N–H and O–H groups in total. The molecule has 12 heteroatoms. The van der Waals surface area contributed by atoms with Crippen LogP contribution in [0.15, 0.2) is 29.3 Å². The van der Waals surface area contributed by atoms with E-state index in [1.165, 1.54) is 17.8 Å². The lowest BCUT2D eigenvalue weighted by Crippen LogP contribution is -2.23. The Labute approximate surface area is 194 Å². The minimum Gasteiger partial charge on any atom is -0.350 e. The van der Waals surface area contributed by atoms with Crippen molar-refractivity contribution in [2.45, 2.75) is 24.0 Å². The third-order valence-electron chi connectivity index (χ3n) is 5.30. The number of thioether (sulfide) groups is 1. The molecular weight excluding hydrogens is 478 g/mol. The van der Waals surface area contributed by atoms with Gasteiger partial charge in [0.2, 0.25) is 5.95 Å². The number of aromatic nitrogens is 2. The van der Waals surface area contributed by atoms with Crippen molar-refractivity contribution in [1.29, 1.82) is 0 Å². The van der Waals surface area contributed by atoms with Crippen LogP contribution in [0.2, 0.25) is 0 Å². The van der Waals surface area contributed by atoms with Gasteiger partial charge in [-0.05, 0) is 42.3 Å². The van der Waals surface area contributed by atoms with Gasteiger partial charge < -0.3 is 16.0 Å². The molecule has 0 atom stereocenters. The van der Waals surface area contributed by atoms with E-state index in [9.17, 15) is 22.4 Å². The first kappa shape index (κ1) is 22.1. The maximum Gasteiger partial charge on any atom is 0.420 e. The van der Waals surface area contributed by atoms with Crippen LogP contribution in [-0.2, 0) is 19.1 Å². The van der Waals surface area contributed by atoms with Crippen molar-refractivity contribution in [3.63, 3.8) is 0 Å². The van der Waals surface area contributed by atoms with Gasteiger partial charge in [0.15, 0.2) is 0 Å². The van der Waals surface area contributed by atoms with Crippen LogP contribution in [0.3, 0.4) is 0 Å². The highest BCUT2D eigenvalue weighted by atomic mass is 32.2. The van der Waals surface area contributed by atoms with Gasteiger partial charge in [-0.3, -0.25) is 4.79 Å². The number of benzene rings is 1. The van der Waals surface area contributed by atoms with E-state index in [-0.39, 0.29) is 28.1 Å². The molecular formula is C21H17F4N5OS2. The Kier molecular flexibility index (Phi) is 5.75. The number of carbonyl (C=O) groups excluding carboxylic acids is 1. The van der Waals surface area contributed by atoms with Crippen molar-refractivity contribution in [1.82, 2.24) is 20.6 Å². The zero-order chi connectivity index (χ0) is 23.2. The highest BCUT2D eigenvalue weighted by Crippen LogP contribution is 2.42. The molecule has 2 aromatic heterocycles. The summed E-state index contributed by atoms with van der Waals surface area (Å²) < 4.78 is 55.8. The fourth-order valence-electron chi connectivity index (χ4n) is 3.72. The van der Waals surface area contributed by atoms with Gasteiger partial charge in [-0.15, -0.1) is 23.1 Å². The van der Waals surface area contributed by atoms with E-state index in [1.54, 1.807) is 12.1 Å². The zero-order valence-electron chi connectivity index (χ0n) is 17.0. The van der Waals surface area contributed by atoms with Crippen molar-refractivity contribution in [3.8, 4) is 10.6 Å². The summed E-state index contributed by atoms with van der Waals surface area (Å²) in [6.45, 7) is 1.80. The second-order valence-corrected chi connectivity index (χ2v) is 9.70. The van der Waals surface area contributed by atoms with Gasteiger partial charge in [0, 0.05) is 29.9 Å². The van der Waals surface area contributed by atoms with Gasteiger partial charge in [0.25, 0.3) is 5.91 Å². The number of hydrogen-bond acceptors (Lipinski definition) is 7. The summed E-state index contributed by atoms with van der Waals surface area (Å²) in [7, 11) is 0. The van der Waals surface area contributed by atoms with Crippen molar-refractivity contribution < 1.29 is 22.4 Å². The lowest BCUT2D eigenvalue weighted by atomic mass is 10.00. The average molecular weight is 496 g/mol. The fraction of sp³-hybridized carbons (Fsp3) is 0.286. The van der Waals surface area contributed by atoms with E-state index in [4.69, 9.17) is 0 Å². The molecule has 0 unspecified atom stereocenters. The van der Waals surface area contributed by atoms with Crippen molar-refractivity contribution in [2.75, 3.05) is 24.2 Å². The quantitative estimate of drug-likeness (QED) is 0.462. The fourth-order valence-corrected chi connectivity index (χ4v) is 5.92. The minimum atomic E-state index is -4.70. The van der Waals surface area contributed by atoms with E-state index in [0.717, 1.165) is 29.0 Å². The molecule has 0 spiro atoms. The van der Waals surface area contributed by atoms with E-state index in [1.807, 2.05) is 0 Å². The largest absolute Gasteiger partial charge is 0.420 e. The molecule has 0 saturated carbocycles. The van der Waals surface area contributed by atoms with E-state index < -0.39 is 17.6 Å². The molecule has 172 valence electrons. The highest BCUT2D eigenvalue weighted by Gasteiger charge is 2.36. The summed E-state index contributed by atoms with van der Waals surface area (Å²) in [6.07, 6.45) is -3.30. The number of amides is 1. The number of carbonyl (C=O) groups is 1.